The van der Waals surface area contributed by atoms with Crippen molar-refractivity contribution in [2.75, 3.05) is 50.7 Å². The number of carboxylic acid groups (broad SMARTS) is 2. The fraction of sp³-hybridized carbons (Fsp3) is 0.385. The summed E-state index contributed by atoms with van der Waals surface area (Å²) in [5.41, 5.74) is 1.37. The maximum absolute atomic E-state index is 9.55. The van der Waals surface area contributed by atoms with E-state index >= 15 is 0 Å². The van der Waals surface area contributed by atoms with Gasteiger partial charge in [-0.25, -0.2) is 14.6 Å². The van der Waals surface area contributed by atoms with Crippen molar-refractivity contribution in [1.82, 2.24) is 15.2 Å². The zero-order valence-electron chi connectivity index (χ0n) is 19.8. The summed E-state index contributed by atoms with van der Waals surface area (Å²) in [4.78, 5) is 33.1. The Morgan fingerprint density at radius 1 is 0.943 bits per heavy atom. The van der Waals surface area contributed by atoms with Gasteiger partial charge in [0.15, 0.2) is 0 Å². The number of carbonyl (C=O) groups is 2. The van der Waals surface area contributed by atoms with E-state index in [1.165, 1.54) is 30.3 Å². The summed E-state index contributed by atoms with van der Waals surface area (Å²) in [6.45, 7) is 7.57. The molecule has 3 heterocycles. The Balaban J connectivity index is 0.000000371. The average Bonchev–Trinajstić information content (AvgIpc) is 2.89. The van der Waals surface area contributed by atoms with E-state index in [0.29, 0.717) is 12.2 Å². The maximum Gasteiger partial charge on any atom is 0.328 e. The normalized spacial score (nSPS) is 15.5. The molecule has 186 valence electrons. The number of hydrogen-bond acceptors (Lipinski definition) is 7. The van der Waals surface area contributed by atoms with Crippen molar-refractivity contribution in [3.05, 3.63) is 71.4 Å². The molecular formula is C26H33N5O4. The first-order chi connectivity index (χ1) is 17.0. The molecule has 1 aromatic carbocycles. The van der Waals surface area contributed by atoms with E-state index in [1.807, 2.05) is 12.3 Å². The molecule has 9 heteroatoms. The van der Waals surface area contributed by atoms with Crippen LogP contribution in [0.5, 0.6) is 0 Å². The number of carboxylic acids is 2. The van der Waals surface area contributed by atoms with Crippen LogP contribution in [0.3, 0.4) is 0 Å². The standard InChI is InChI=1S/C22H29N5.C4H4O4/c1-2-8-20-19(7-1)21(10-13-24-20)23-11-5-6-14-26-15-17-27(18-16-26)22-9-3-4-12-25-22;5-3(6)1-2-4(7)8/h1-4,7-9,12,23H,5-6,10-11,13-18H2;1-2H,(H,5,6)(H,7,8). The second kappa shape index (κ2) is 13.9. The Morgan fingerprint density at radius 3 is 2.34 bits per heavy atom. The molecule has 9 nitrogen and oxygen atoms in total. The SMILES string of the molecule is O=C(O)C=CC(=O)O.c1ccc(N2CCN(CCCCNC3=c4ccccc4=NCC3)CC2)nc1. The molecule has 0 spiro atoms. The number of rotatable bonds is 9. The number of nitrogens with zero attached hydrogens (tertiary/aromatic N) is 4. The number of pyridine rings is 1. The van der Waals surface area contributed by atoms with Crippen LogP contribution >= 0.6 is 0 Å². The molecular weight excluding hydrogens is 446 g/mol. The summed E-state index contributed by atoms with van der Waals surface area (Å²) in [5, 5.41) is 21.7. The number of hydrogen-bond donors (Lipinski definition) is 3. The van der Waals surface area contributed by atoms with Gasteiger partial charge in [0.25, 0.3) is 0 Å². The quantitative estimate of drug-likeness (QED) is 0.362. The van der Waals surface area contributed by atoms with Gasteiger partial charge in [0.1, 0.15) is 5.82 Å². The lowest BCUT2D eigenvalue weighted by molar-refractivity contribution is -0.134. The first kappa shape index (κ1) is 25.9. The van der Waals surface area contributed by atoms with Gasteiger partial charge in [0, 0.05) is 75.0 Å². The van der Waals surface area contributed by atoms with Crippen molar-refractivity contribution < 1.29 is 19.8 Å². The molecule has 0 saturated carbocycles. The van der Waals surface area contributed by atoms with Crippen molar-refractivity contribution in [1.29, 1.82) is 0 Å². The van der Waals surface area contributed by atoms with E-state index in [1.54, 1.807) is 0 Å². The first-order valence-corrected chi connectivity index (χ1v) is 11.9. The summed E-state index contributed by atoms with van der Waals surface area (Å²) < 4.78 is 0. The molecule has 0 radical (unpaired) electrons. The molecule has 2 aromatic rings. The summed E-state index contributed by atoms with van der Waals surface area (Å²) in [6.07, 6.45) is 6.49. The fourth-order valence-corrected chi connectivity index (χ4v) is 4.06. The van der Waals surface area contributed by atoms with Crippen molar-refractivity contribution in [3.8, 4) is 0 Å². The second-order valence-corrected chi connectivity index (χ2v) is 8.29. The zero-order valence-corrected chi connectivity index (χ0v) is 19.8. The Kier molecular flexibility index (Phi) is 10.3. The number of aliphatic carboxylic acids is 2. The summed E-state index contributed by atoms with van der Waals surface area (Å²) >= 11 is 0. The number of anilines is 1. The topological polar surface area (TPSA) is 118 Å². The highest BCUT2D eigenvalue weighted by molar-refractivity contribution is 5.89. The Labute approximate surface area is 205 Å². The van der Waals surface area contributed by atoms with Gasteiger partial charge in [-0.1, -0.05) is 24.3 Å². The van der Waals surface area contributed by atoms with Gasteiger partial charge in [-0.15, -0.1) is 0 Å². The van der Waals surface area contributed by atoms with E-state index in [2.05, 4.69) is 61.5 Å². The van der Waals surface area contributed by atoms with E-state index in [0.717, 1.165) is 56.9 Å². The third kappa shape index (κ3) is 8.86. The minimum Gasteiger partial charge on any atom is -0.478 e. The second-order valence-electron chi connectivity index (χ2n) is 8.29. The summed E-state index contributed by atoms with van der Waals surface area (Å²) in [5.74, 6) is -1.40. The van der Waals surface area contributed by atoms with Gasteiger partial charge in [0.2, 0.25) is 0 Å². The predicted molar refractivity (Wildman–Crippen MR) is 135 cm³/mol. The minimum absolute atomic E-state index is 0.558. The Morgan fingerprint density at radius 2 is 1.66 bits per heavy atom. The van der Waals surface area contributed by atoms with Crippen LogP contribution in [0.2, 0.25) is 0 Å². The monoisotopic (exact) mass is 479 g/mol. The van der Waals surface area contributed by atoms with Gasteiger partial charge < -0.3 is 20.4 Å². The van der Waals surface area contributed by atoms with Gasteiger partial charge in [0.05, 0.1) is 5.36 Å². The number of aromatic nitrogens is 1. The van der Waals surface area contributed by atoms with Crippen LogP contribution in [-0.2, 0) is 9.59 Å². The molecule has 1 saturated heterocycles. The number of nitrogens with one attached hydrogen (secondary N) is 1. The van der Waals surface area contributed by atoms with Gasteiger partial charge in [-0.3, -0.25) is 9.89 Å². The molecule has 1 aromatic heterocycles. The van der Waals surface area contributed by atoms with Crippen LogP contribution < -0.4 is 20.8 Å². The van der Waals surface area contributed by atoms with Crippen LogP contribution in [0.1, 0.15) is 19.3 Å². The summed E-state index contributed by atoms with van der Waals surface area (Å²) in [6, 6.07) is 14.6. The van der Waals surface area contributed by atoms with E-state index in [9.17, 15) is 9.59 Å². The molecule has 0 bridgehead atoms. The molecule has 1 fully saturated rings. The van der Waals surface area contributed by atoms with Gasteiger partial charge in [-0.05, 0) is 37.6 Å². The average molecular weight is 480 g/mol. The molecule has 0 amide bonds. The Hall–Kier alpha value is -3.72. The number of para-hydroxylation sites is 1. The van der Waals surface area contributed by atoms with Crippen LogP contribution in [0.4, 0.5) is 5.82 Å². The zero-order chi connectivity index (χ0) is 24.9. The summed E-state index contributed by atoms with van der Waals surface area (Å²) in [7, 11) is 0. The molecule has 2 aliphatic heterocycles. The lowest BCUT2D eigenvalue weighted by Gasteiger charge is -2.35. The fourth-order valence-electron chi connectivity index (χ4n) is 4.06. The van der Waals surface area contributed by atoms with E-state index in [4.69, 9.17) is 10.2 Å². The van der Waals surface area contributed by atoms with Crippen LogP contribution in [0, 0.1) is 0 Å². The third-order valence-corrected chi connectivity index (χ3v) is 5.83. The number of fused-ring (bicyclic) bond motifs is 1. The molecule has 0 atom stereocenters. The van der Waals surface area contributed by atoms with Crippen LogP contribution in [-0.4, -0.2) is 77.8 Å². The molecule has 3 N–H and O–H groups in total. The Bertz CT molecular complexity index is 1100. The first-order valence-electron chi connectivity index (χ1n) is 11.9. The maximum atomic E-state index is 9.55. The number of piperazine rings is 1. The smallest absolute Gasteiger partial charge is 0.328 e. The van der Waals surface area contributed by atoms with Crippen molar-refractivity contribution in [2.45, 2.75) is 19.3 Å². The van der Waals surface area contributed by atoms with Crippen LogP contribution in [0.15, 0.2) is 65.8 Å². The third-order valence-electron chi connectivity index (χ3n) is 5.83. The molecule has 2 aliphatic rings. The molecule has 0 aliphatic carbocycles. The highest BCUT2D eigenvalue weighted by atomic mass is 16.4. The molecule has 0 unspecified atom stereocenters. The predicted octanol–water partition coefficient (Wildman–Crippen LogP) is 1.12. The lowest BCUT2D eigenvalue weighted by Crippen LogP contribution is -2.47. The van der Waals surface area contributed by atoms with Gasteiger partial charge in [-0.2, -0.15) is 0 Å². The van der Waals surface area contributed by atoms with Crippen molar-refractivity contribution >= 4 is 23.5 Å². The van der Waals surface area contributed by atoms with Crippen LogP contribution in [0.25, 0.3) is 5.70 Å². The highest BCUT2D eigenvalue weighted by Gasteiger charge is 2.17. The van der Waals surface area contributed by atoms with Crippen molar-refractivity contribution in [2.24, 2.45) is 4.99 Å². The number of benzene rings is 1. The number of unbranched alkanes of at least 4 members (excludes halogenated alkanes) is 1. The largest absolute Gasteiger partial charge is 0.478 e. The lowest BCUT2D eigenvalue weighted by atomic mass is 10.1. The van der Waals surface area contributed by atoms with Gasteiger partial charge >= 0.3 is 11.9 Å². The van der Waals surface area contributed by atoms with E-state index < -0.39 is 11.9 Å². The van der Waals surface area contributed by atoms with E-state index in [-0.39, 0.29) is 0 Å². The highest BCUT2D eigenvalue weighted by Crippen LogP contribution is 2.12. The molecule has 35 heavy (non-hydrogen) atoms. The minimum atomic E-state index is -1.26. The van der Waals surface area contributed by atoms with Crippen molar-refractivity contribution in [3.63, 3.8) is 0 Å². The molecule has 4 rings (SSSR count).